The Labute approximate surface area is 138 Å². The molecule has 0 spiro atoms. The SMILES string of the molecule is O=[N+]([O-])c1ccccc1S(=O)(=O)N1CCCn2nc(CO)cc2C1. The van der Waals surface area contributed by atoms with Crippen molar-refractivity contribution >= 4 is 15.7 Å². The Hall–Kier alpha value is -2.30. The van der Waals surface area contributed by atoms with Gasteiger partial charge in [0.05, 0.1) is 29.5 Å². The van der Waals surface area contributed by atoms with E-state index in [4.69, 9.17) is 0 Å². The van der Waals surface area contributed by atoms with Crippen molar-refractivity contribution in [3.05, 3.63) is 51.8 Å². The number of para-hydroxylation sites is 1. The fourth-order valence-corrected chi connectivity index (χ4v) is 4.35. The molecule has 0 aliphatic carbocycles. The van der Waals surface area contributed by atoms with Crippen LogP contribution < -0.4 is 0 Å². The third kappa shape index (κ3) is 2.90. The molecule has 0 fully saturated rings. The number of aromatic nitrogens is 2. The number of fused-ring (bicyclic) bond motifs is 1. The van der Waals surface area contributed by atoms with Crippen molar-refractivity contribution in [3.8, 4) is 0 Å². The van der Waals surface area contributed by atoms with Crippen molar-refractivity contribution in [1.82, 2.24) is 14.1 Å². The number of nitro benzene ring substituents is 1. The molecule has 1 aliphatic rings. The smallest absolute Gasteiger partial charge is 0.289 e. The van der Waals surface area contributed by atoms with Crippen LogP contribution in [-0.2, 0) is 29.7 Å². The Morgan fingerprint density at radius 2 is 2.04 bits per heavy atom. The van der Waals surface area contributed by atoms with Crippen molar-refractivity contribution in [1.29, 1.82) is 0 Å². The summed E-state index contributed by atoms with van der Waals surface area (Å²) in [6.07, 6.45) is 0.527. The van der Waals surface area contributed by atoms with Gasteiger partial charge in [0.2, 0.25) is 10.0 Å². The van der Waals surface area contributed by atoms with Crippen LogP contribution in [0.3, 0.4) is 0 Å². The molecule has 0 amide bonds. The van der Waals surface area contributed by atoms with Gasteiger partial charge >= 0.3 is 0 Å². The number of aliphatic hydroxyl groups excluding tert-OH is 1. The zero-order valence-electron chi connectivity index (χ0n) is 12.7. The molecular weight excluding hydrogens is 336 g/mol. The molecule has 0 atom stereocenters. The summed E-state index contributed by atoms with van der Waals surface area (Å²) in [7, 11) is -4.01. The fourth-order valence-electron chi connectivity index (χ4n) is 2.74. The molecule has 1 aliphatic heterocycles. The van der Waals surface area contributed by atoms with E-state index in [1.54, 1.807) is 10.7 Å². The lowest BCUT2D eigenvalue weighted by Gasteiger charge is -2.19. The Morgan fingerprint density at radius 3 is 2.75 bits per heavy atom. The first-order valence-corrected chi connectivity index (χ1v) is 8.77. The van der Waals surface area contributed by atoms with E-state index in [2.05, 4.69) is 5.10 Å². The van der Waals surface area contributed by atoms with Gasteiger partial charge in [-0.2, -0.15) is 9.40 Å². The summed E-state index contributed by atoms with van der Waals surface area (Å²) in [6.45, 7) is 0.600. The third-order valence-corrected chi connectivity index (χ3v) is 5.76. The van der Waals surface area contributed by atoms with Gasteiger partial charge in [-0.15, -0.1) is 0 Å². The van der Waals surface area contributed by atoms with Crippen molar-refractivity contribution in [3.63, 3.8) is 0 Å². The normalized spacial score (nSPS) is 15.7. The highest BCUT2D eigenvalue weighted by atomic mass is 32.2. The number of rotatable bonds is 4. The number of aryl methyl sites for hydroxylation is 1. The molecular formula is C14H16N4O5S. The highest BCUT2D eigenvalue weighted by Gasteiger charge is 2.33. The van der Waals surface area contributed by atoms with Crippen LogP contribution in [0, 0.1) is 10.1 Å². The Balaban J connectivity index is 2.00. The molecule has 128 valence electrons. The third-order valence-electron chi connectivity index (χ3n) is 3.87. The van der Waals surface area contributed by atoms with Gasteiger partial charge in [0.25, 0.3) is 5.69 Å². The minimum atomic E-state index is -4.01. The molecule has 0 bridgehead atoms. The monoisotopic (exact) mass is 352 g/mol. The van der Waals surface area contributed by atoms with E-state index < -0.39 is 20.6 Å². The van der Waals surface area contributed by atoms with Gasteiger partial charge in [0, 0.05) is 19.2 Å². The summed E-state index contributed by atoms with van der Waals surface area (Å²) in [5.74, 6) is 0. The van der Waals surface area contributed by atoms with Crippen molar-refractivity contribution < 1.29 is 18.4 Å². The minimum absolute atomic E-state index is 0.0569. The quantitative estimate of drug-likeness (QED) is 0.644. The topological polar surface area (TPSA) is 119 Å². The highest BCUT2D eigenvalue weighted by molar-refractivity contribution is 7.89. The summed E-state index contributed by atoms with van der Waals surface area (Å²) >= 11 is 0. The standard InChI is InChI=1S/C14H16N4O5S/c19-10-11-8-12-9-16(6-3-7-17(12)15-11)24(22,23)14-5-2-1-4-13(14)18(20)21/h1-2,4-5,8,19H,3,6-7,9-10H2. The summed E-state index contributed by atoms with van der Waals surface area (Å²) in [6, 6.07) is 6.97. The maximum absolute atomic E-state index is 12.9. The van der Waals surface area contributed by atoms with Crippen LogP contribution in [0.4, 0.5) is 5.69 Å². The van der Waals surface area contributed by atoms with Crippen LogP contribution >= 0.6 is 0 Å². The number of hydrogen-bond acceptors (Lipinski definition) is 6. The van der Waals surface area contributed by atoms with Gasteiger partial charge in [-0.05, 0) is 18.6 Å². The largest absolute Gasteiger partial charge is 0.390 e. The average molecular weight is 352 g/mol. The number of benzene rings is 1. The summed E-state index contributed by atoms with van der Waals surface area (Å²) in [5.41, 5.74) is 0.681. The molecule has 1 aromatic heterocycles. The van der Waals surface area contributed by atoms with Gasteiger partial charge in [-0.3, -0.25) is 14.8 Å². The van der Waals surface area contributed by atoms with Gasteiger partial charge in [-0.1, -0.05) is 12.1 Å². The predicted molar refractivity (Wildman–Crippen MR) is 83.5 cm³/mol. The number of hydrogen-bond donors (Lipinski definition) is 1. The maximum atomic E-state index is 12.9. The van der Waals surface area contributed by atoms with E-state index in [9.17, 15) is 23.6 Å². The lowest BCUT2D eigenvalue weighted by molar-refractivity contribution is -0.387. The molecule has 0 unspecified atom stereocenters. The molecule has 3 rings (SSSR count). The first-order valence-electron chi connectivity index (χ1n) is 7.33. The second-order valence-corrected chi connectivity index (χ2v) is 7.33. The lowest BCUT2D eigenvalue weighted by atomic mass is 10.3. The van der Waals surface area contributed by atoms with Gasteiger partial charge < -0.3 is 5.11 Å². The Kier molecular flexibility index (Phi) is 4.35. The zero-order chi connectivity index (χ0) is 17.3. The fraction of sp³-hybridized carbons (Fsp3) is 0.357. The Bertz CT molecular complexity index is 877. The molecule has 24 heavy (non-hydrogen) atoms. The molecule has 2 aromatic rings. The predicted octanol–water partition coefficient (Wildman–Crippen LogP) is 0.878. The van der Waals surface area contributed by atoms with E-state index in [-0.39, 0.29) is 24.6 Å². The molecule has 1 N–H and O–H groups in total. The molecule has 9 nitrogen and oxygen atoms in total. The average Bonchev–Trinajstić information content (AvgIpc) is 2.85. The van der Waals surface area contributed by atoms with Crippen LogP contribution in [0.5, 0.6) is 0 Å². The van der Waals surface area contributed by atoms with E-state index in [1.807, 2.05) is 0 Å². The molecule has 1 aromatic carbocycles. The first-order chi connectivity index (χ1) is 11.4. The number of nitro groups is 1. The molecule has 0 saturated heterocycles. The van der Waals surface area contributed by atoms with E-state index in [0.717, 1.165) is 0 Å². The van der Waals surface area contributed by atoms with E-state index in [1.165, 1.54) is 28.6 Å². The van der Waals surface area contributed by atoms with Crippen molar-refractivity contribution in [2.24, 2.45) is 0 Å². The molecule has 10 heteroatoms. The van der Waals surface area contributed by atoms with Crippen LogP contribution in [0.15, 0.2) is 35.2 Å². The van der Waals surface area contributed by atoms with Crippen LogP contribution in [0.25, 0.3) is 0 Å². The molecule has 0 saturated carbocycles. The summed E-state index contributed by atoms with van der Waals surface area (Å²) in [5, 5.41) is 24.5. The van der Waals surface area contributed by atoms with Crippen molar-refractivity contribution in [2.45, 2.75) is 31.0 Å². The van der Waals surface area contributed by atoms with Gasteiger partial charge in [0.15, 0.2) is 4.90 Å². The molecule has 0 radical (unpaired) electrons. The van der Waals surface area contributed by atoms with Crippen molar-refractivity contribution in [2.75, 3.05) is 6.54 Å². The van der Waals surface area contributed by atoms with E-state index in [0.29, 0.717) is 24.4 Å². The second kappa shape index (κ2) is 6.30. The van der Waals surface area contributed by atoms with Gasteiger partial charge in [0.1, 0.15) is 0 Å². The summed E-state index contributed by atoms with van der Waals surface area (Å²) in [4.78, 5) is 10.1. The minimum Gasteiger partial charge on any atom is -0.390 e. The van der Waals surface area contributed by atoms with E-state index >= 15 is 0 Å². The highest BCUT2D eigenvalue weighted by Crippen LogP contribution is 2.28. The first kappa shape index (κ1) is 16.6. The van der Waals surface area contributed by atoms with Crippen LogP contribution in [0.1, 0.15) is 17.8 Å². The second-order valence-electron chi connectivity index (χ2n) is 5.43. The number of nitrogens with zero attached hydrogens (tertiary/aromatic N) is 4. The zero-order valence-corrected chi connectivity index (χ0v) is 13.5. The number of aliphatic hydroxyl groups is 1. The van der Waals surface area contributed by atoms with Crippen LogP contribution in [-0.4, -0.2) is 39.1 Å². The summed E-state index contributed by atoms with van der Waals surface area (Å²) < 4.78 is 28.7. The maximum Gasteiger partial charge on any atom is 0.289 e. The Morgan fingerprint density at radius 1 is 1.29 bits per heavy atom. The number of sulfonamides is 1. The van der Waals surface area contributed by atoms with Gasteiger partial charge in [-0.25, -0.2) is 8.42 Å². The lowest BCUT2D eigenvalue weighted by Crippen LogP contribution is -2.31. The molecule has 2 heterocycles. The van der Waals surface area contributed by atoms with Crippen LogP contribution in [0.2, 0.25) is 0 Å².